The van der Waals surface area contributed by atoms with Crippen molar-refractivity contribution in [2.75, 3.05) is 0 Å². The molecule has 0 aliphatic heterocycles. The summed E-state index contributed by atoms with van der Waals surface area (Å²) in [6.07, 6.45) is 2.09. The van der Waals surface area contributed by atoms with Gasteiger partial charge >= 0.3 is 5.97 Å². The molecular weight excluding hydrogens is 240 g/mol. The van der Waals surface area contributed by atoms with Gasteiger partial charge in [-0.15, -0.1) is 0 Å². The van der Waals surface area contributed by atoms with Crippen molar-refractivity contribution in [1.82, 2.24) is 9.97 Å². The van der Waals surface area contributed by atoms with Crippen LogP contribution < -0.4 is 0 Å². The van der Waals surface area contributed by atoms with Crippen molar-refractivity contribution in [3.8, 4) is 11.3 Å². The van der Waals surface area contributed by atoms with Crippen LogP contribution in [0.15, 0.2) is 30.5 Å². The molecule has 1 heterocycles. The van der Waals surface area contributed by atoms with E-state index in [2.05, 4.69) is 28.2 Å². The normalized spacial score (nSPS) is 10.4. The summed E-state index contributed by atoms with van der Waals surface area (Å²) in [6.45, 7) is 4.07. The molecule has 0 saturated carbocycles. The van der Waals surface area contributed by atoms with Crippen LogP contribution in [0.1, 0.15) is 23.4 Å². The molecule has 0 atom stereocenters. The van der Waals surface area contributed by atoms with E-state index in [4.69, 9.17) is 5.11 Å². The molecule has 0 radical (unpaired) electrons. The van der Waals surface area contributed by atoms with Gasteiger partial charge in [-0.25, -0.2) is 9.97 Å². The Labute approximate surface area is 112 Å². The van der Waals surface area contributed by atoms with Crippen molar-refractivity contribution < 1.29 is 9.90 Å². The third-order valence-corrected chi connectivity index (χ3v) is 2.94. The number of rotatable bonds is 4. The molecule has 0 aliphatic carbocycles. The highest BCUT2D eigenvalue weighted by molar-refractivity contribution is 5.67. The minimum absolute atomic E-state index is 0.0518. The molecular formula is C15H16N2O2. The quantitative estimate of drug-likeness (QED) is 0.913. The lowest BCUT2D eigenvalue weighted by atomic mass is 10.0. The summed E-state index contributed by atoms with van der Waals surface area (Å²) < 4.78 is 0. The Bertz CT molecular complexity index is 609. The molecule has 1 N–H and O–H groups in total. The van der Waals surface area contributed by atoms with E-state index in [1.54, 1.807) is 6.20 Å². The number of hydrogen-bond acceptors (Lipinski definition) is 3. The average molecular weight is 256 g/mol. The van der Waals surface area contributed by atoms with Crippen molar-refractivity contribution in [3.63, 3.8) is 0 Å². The van der Waals surface area contributed by atoms with E-state index in [0.717, 1.165) is 16.8 Å². The van der Waals surface area contributed by atoms with Crippen LogP contribution in [0.3, 0.4) is 0 Å². The summed E-state index contributed by atoms with van der Waals surface area (Å²) in [5, 5.41) is 8.69. The number of nitrogens with zero attached hydrogens (tertiary/aromatic N) is 2. The molecule has 19 heavy (non-hydrogen) atoms. The summed E-state index contributed by atoms with van der Waals surface area (Å²) in [6, 6.07) is 8.06. The number of hydrogen-bond donors (Lipinski definition) is 1. The smallest absolute Gasteiger partial charge is 0.303 e. The maximum absolute atomic E-state index is 10.6. The first-order valence-electron chi connectivity index (χ1n) is 6.17. The second-order valence-corrected chi connectivity index (χ2v) is 4.57. The van der Waals surface area contributed by atoms with Gasteiger partial charge in [-0.2, -0.15) is 0 Å². The van der Waals surface area contributed by atoms with Crippen molar-refractivity contribution in [2.45, 2.75) is 26.7 Å². The van der Waals surface area contributed by atoms with E-state index in [1.807, 2.05) is 19.9 Å². The molecule has 0 aliphatic rings. The minimum atomic E-state index is -0.833. The molecule has 1 aromatic heterocycles. The number of benzene rings is 1. The number of aromatic nitrogens is 2. The highest BCUT2D eigenvalue weighted by Crippen LogP contribution is 2.22. The lowest BCUT2D eigenvalue weighted by Gasteiger charge is -2.07. The zero-order chi connectivity index (χ0) is 13.8. The summed E-state index contributed by atoms with van der Waals surface area (Å²) in [7, 11) is 0. The van der Waals surface area contributed by atoms with E-state index in [-0.39, 0.29) is 6.42 Å². The largest absolute Gasteiger partial charge is 0.481 e. The fourth-order valence-electron chi connectivity index (χ4n) is 1.90. The van der Waals surface area contributed by atoms with Crippen molar-refractivity contribution >= 4 is 5.97 Å². The van der Waals surface area contributed by atoms with Crippen molar-refractivity contribution in [1.29, 1.82) is 0 Å². The summed E-state index contributed by atoms with van der Waals surface area (Å²) in [5.74, 6) is -0.262. The summed E-state index contributed by atoms with van der Waals surface area (Å²) >= 11 is 0. The third kappa shape index (κ3) is 3.37. The first-order chi connectivity index (χ1) is 9.06. The van der Waals surface area contributed by atoms with Gasteiger partial charge in [0.05, 0.1) is 12.1 Å². The van der Waals surface area contributed by atoms with Crippen LogP contribution >= 0.6 is 0 Å². The van der Waals surface area contributed by atoms with Crippen LogP contribution in [-0.4, -0.2) is 21.0 Å². The lowest BCUT2D eigenvalue weighted by Crippen LogP contribution is -2.02. The first kappa shape index (κ1) is 13.2. The predicted octanol–water partition coefficient (Wildman–Crippen LogP) is 2.78. The molecule has 1 aromatic carbocycles. The van der Waals surface area contributed by atoms with Crippen LogP contribution in [-0.2, 0) is 11.2 Å². The first-order valence-corrected chi connectivity index (χ1v) is 6.17. The van der Waals surface area contributed by atoms with E-state index < -0.39 is 5.97 Å². The second kappa shape index (κ2) is 5.61. The van der Waals surface area contributed by atoms with Crippen LogP contribution in [0, 0.1) is 13.8 Å². The molecule has 4 heteroatoms. The molecule has 0 bridgehead atoms. The summed E-state index contributed by atoms with van der Waals surface area (Å²) in [4.78, 5) is 19.1. The molecule has 4 nitrogen and oxygen atoms in total. The number of carboxylic acid groups (broad SMARTS) is 1. The van der Waals surface area contributed by atoms with Crippen LogP contribution in [0.5, 0.6) is 0 Å². The Kier molecular flexibility index (Phi) is 3.90. The highest BCUT2D eigenvalue weighted by atomic mass is 16.4. The topological polar surface area (TPSA) is 63.1 Å². The van der Waals surface area contributed by atoms with Gasteiger partial charge in [0.15, 0.2) is 0 Å². The second-order valence-electron chi connectivity index (χ2n) is 4.57. The number of carbonyl (C=O) groups is 1. The maximum atomic E-state index is 10.6. The number of aryl methyl sites for hydroxylation is 3. The fourth-order valence-corrected chi connectivity index (χ4v) is 1.90. The SMILES string of the molecule is Cc1ccc(C)c(-c2ccnc(CCC(=O)O)n2)c1. The van der Waals surface area contributed by atoms with Gasteiger partial charge in [0.25, 0.3) is 0 Å². The van der Waals surface area contributed by atoms with E-state index >= 15 is 0 Å². The Hall–Kier alpha value is -2.23. The van der Waals surface area contributed by atoms with Crippen molar-refractivity contribution in [3.05, 3.63) is 47.4 Å². The maximum Gasteiger partial charge on any atom is 0.303 e. The molecule has 0 spiro atoms. The molecule has 0 saturated heterocycles. The molecule has 0 fully saturated rings. The van der Waals surface area contributed by atoms with Gasteiger partial charge in [-0.3, -0.25) is 4.79 Å². The van der Waals surface area contributed by atoms with Crippen LogP contribution in [0.2, 0.25) is 0 Å². The predicted molar refractivity (Wildman–Crippen MR) is 72.9 cm³/mol. The molecule has 2 aromatic rings. The Balaban J connectivity index is 2.32. The van der Waals surface area contributed by atoms with Crippen LogP contribution in [0.25, 0.3) is 11.3 Å². The average Bonchev–Trinajstić information content (AvgIpc) is 2.39. The molecule has 0 unspecified atom stereocenters. The van der Waals surface area contributed by atoms with Crippen LogP contribution in [0.4, 0.5) is 0 Å². The van der Waals surface area contributed by atoms with Crippen molar-refractivity contribution in [2.24, 2.45) is 0 Å². The van der Waals surface area contributed by atoms with E-state index in [1.165, 1.54) is 5.56 Å². The summed E-state index contributed by atoms with van der Waals surface area (Å²) in [5.41, 5.74) is 4.23. The molecule has 2 rings (SSSR count). The standard InChI is InChI=1S/C15H16N2O2/c1-10-3-4-11(2)12(9-10)13-7-8-16-14(17-13)5-6-15(18)19/h3-4,7-9H,5-6H2,1-2H3,(H,18,19). The van der Waals surface area contributed by atoms with E-state index in [0.29, 0.717) is 12.2 Å². The zero-order valence-electron chi connectivity index (χ0n) is 11.1. The van der Waals surface area contributed by atoms with Gasteiger partial charge in [0, 0.05) is 18.2 Å². The molecule has 98 valence electrons. The van der Waals surface area contributed by atoms with Gasteiger partial charge in [0.2, 0.25) is 0 Å². The number of carboxylic acids is 1. The lowest BCUT2D eigenvalue weighted by molar-refractivity contribution is -0.137. The minimum Gasteiger partial charge on any atom is -0.481 e. The van der Waals surface area contributed by atoms with E-state index in [9.17, 15) is 4.79 Å². The third-order valence-electron chi connectivity index (χ3n) is 2.94. The Morgan fingerprint density at radius 3 is 2.79 bits per heavy atom. The number of aliphatic carboxylic acids is 1. The molecule has 0 amide bonds. The monoisotopic (exact) mass is 256 g/mol. The van der Waals surface area contributed by atoms with Gasteiger partial charge < -0.3 is 5.11 Å². The Morgan fingerprint density at radius 1 is 1.26 bits per heavy atom. The Morgan fingerprint density at radius 2 is 2.05 bits per heavy atom. The highest BCUT2D eigenvalue weighted by Gasteiger charge is 2.07. The van der Waals surface area contributed by atoms with Gasteiger partial charge in [0.1, 0.15) is 5.82 Å². The fraction of sp³-hybridized carbons (Fsp3) is 0.267. The van der Waals surface area contributed by atoms with Gasteiger partial charge in [-0.05, 0) is 31.5 Å². The van der Waals surface area contributed by atoms with Gasteiger partial charge in [-0.1, -0.05) is 17.7 Å². The zero-order valence-corrected chi connectivity index (χ0v) is 11.1.